The molecular weight excluding hydrogens is 347 g/mol. The van der Waals surface area contributed by atoms with Crippen molar-refractivity contribution in [2.75, 3.05) is 13.2 Å². The van der Waals surface area contributed by atoms with Gasteiger partial charge in [0.05, 0.1) is 12.2 Å². The van der Waals surface area contributed by atoms with Crippen molar-refractivity contribution >= 4 is 6.09 Å². The number of piperidine rings is 1. The van der Waals surface area contributed by atoms with Crippen LogP contribution in [0.3, 0.4) is 0 Å². The average Bonchev–Trinajstić information content (AvgIpc) is 2.52. The molecule has 1 aliphatic heterocycles. The van der Waals surface area contributed by atoms with E-state index in [0.29, 0.717) is 18.9 Å². The number of hydrogen-bond acceptors (Lipinski definition) is 3. The molecule has 0 bridgehead atoms. The number of nitrogens with zero attached hydrogens (tertiary/aromatic N) is 1. The lowest BCUT2D eigenvalue weighted by atomic mass is 9.94. The lowest BCUT2D eigenvalue weighted by Crippen LogP contribution is -2.48. The summed E-state index contributed by atoms with van der Waals surface area (Å²) in [5.74, 6) is 0.501. The highest BCUT2D eigenvalue weighted by Gasteiger charge is 2.33. The number of likely N-dealkylation sites (tertiary alicyclic amines) is 1. The van der Waals surface area contributed by atoms with Gasteiger partial charge in [-0.25, -0.2) is 4.79 Å². The zero-order chi connectivity index (χ0) is 19.5. The van der Waals surface area contributed by atoms with Crippen molar-refractivity contribution in [1.29, 1.82) is 0 Å². The average molecular weight is 373 g/mol. The summed E-state index contributed by atoms with van der Waals surface area (Å²) < 4.78 is 48.8. The summed E-state index contributed by atoms with van der Waals surface area (Å²) >= 11 is 0. The fraction of sp³-hybridized carbons (Fsp3) is 0.632. The number of halogens is 3. The number of ether oxygens (including phenoxy) is 2. The largest absolute Gasteiger partial charge is 0.493 e. The smallest absolute Gasteiger partial charge is 0.416 e. The standard InChI is InChI=1S/C19H26F3NO3/c1-13-5-6-14(11-23(13)17(24)26-18(2,3)4)12-25-16-9-7-15(8-10-16)19(20,21)22/h7-10,13-14H,5-6,11-12H2,1-4H3. The van der Waals surface area contributed by atoms with Crippen LogP contribution in [0.15, 0.2) is 24.3 Å². The van der Waals surface area contributed by atoms with Crippen LogP contribution in [0.2, 0.25) is 0 Å². The third-order valence-corrected chi connectivity index (χ3v) is 4.27. The normalized spacial score (nSPS) is 21.4. The number of rotatable bonds is 3. The maximum absolute atomic E-state index is 12.6. The first kappa shape index (κ1) is 20.4. The van der Waals surface area contributed by atoms with Crippen LogP contribution < -0.4 is 4.74 Å². The van der Waals surface area contributed by atoms with Gasteiger partial charge in [0.15, 0.2) is 0 Å². The molecule has 2 atom stereocenters. The lowest BCUT2D eigenvalue weighted by molar-refractivity contribution is -0.137. The molecule has 1 saturated heterocycles. The molecule has 0 radical (unpaired) electrons. The number of hydrogen-bond donors (Lipinski definition) is 0. The Kier molecular flexibility index (Phi) is 6.09. The van der Waals surface area contributed by atoms with E-state index in [-0.39, 0.29) is 18.1 Å². The first-order valence-electron chi connectivity index (χ1n) is 8.75. The van der Waals surface area contributed by atoms with Gasteiger partial charge in [0.1, 0.15) is 11.4 Å². The summed E-state index contributed by atoms with van der Waals surface area (Å²) in [6, 6.07) is 4.74. The van der Waals surface area contributed by atoms with Gasteiger partial charge in [0, 0.05) is 18.5 Å². The summed E-state index contributed by atoms with van der Waals surface area (Å²) in [5.41, 5.74) is -1.26. The molecule has 0 spiro atoms. The van der Waals surface area contributed by atoms with E-state index in [2.05, 4.69) is 0 Å². The predicted molar refractivity (Wildman–Crippen MR) is 92.1 cm³/mol. The quantitative estimate of drug-likeness (QED) is 0.738. The van der Waals surface area contributed by atoms with Gasteiger partial charge in [0.25, 0.3) is 0 Å². The van der Waals surface area contributed by atoms with Gasteiger partial charge in [-0.3, -0.25) is 0 Å². The highest BCUT2D eigenvalue weighted by atomic mass is 19.4. The zero-order valence-electron chi connectivity index (χ0n) is 15.6. The Labute approximate surface area is 152 Å². The SMILES string of the molecule is CC1CCC(COc2ccc(C(F)(F)F)cc2)CN1C(=O)OC(C)(C)C. The lowest BCUT2D eigenvalue weighted by Gasteiger charge is -2.38. The van der Waals surface area contributed by atoms with Gasteiger partial charge < -0.3 is 14.4 Å². The maximum Gasteiger partial charge on any atom is 0.416 e. The first-order valence-corrected chi connectivity index (χ1v) is 8.75. The van der Waals surface area contributed by atoms with Crippen molar-refractivity contribution in [3.8, 4) is 5.75 Å². The van der Waals surface area contributed by atoms with E-state index in [9.17, 15) is 18.0 Å². The van der Waals surface area contributed by atoms with Crippen LogP contribution in [0.4, 0.5) is 18.0 Å². The number of carbonyl (C=O) groups excluding carboxylic acids is 1. The van der Waals surface area contributed by atoms with Crippen LogP contribution in [0.5, 0.6) is 5.75 Å². The molecule has 0 N–H and O–H groups in total. The number of benzene rings is 1. The molecule has 2 unspecified atom stereocenters. The molecule has 2 rings (SSSR count). The molecule has 0 saturated carbocycles. The van der Waals surface area contributed by atoms with Crippen molar-refractivity contribution in [1.82, 2.24) is 4.90 Å². The fourth-order valence-corrected chi connectivity index (χ4v) is 2.85. The van der Waals surface area contributed by atoms with Gasteiger partial charge in [-0.2, -0.15) is 13.2 Å². The highest BCUT2D eigenvalue weighted by Crippen LogP contribution is 2.31. The summed E-state index contributed by atoms with van der Waals surface area (Å²) in [6.07, 6.45) is -2.97. The van der Waals surface area contributed by atoms with E-state index in [4.69, 9.17) is 9.47 Å². The van der Waals surface area contributed by atoms with Crippen LogP contribution in [-0.2, 0) is 10.9 Å². The molecule has 1 fully saturated rings. The Morgan fingerprint density at radius 3 is 2.31 bits per heavy atom. The minimum Gasteiger partial charge on any atom is -0.493 e. The van der Waals surface area contributed by atoms with Crippen LogP contribution in [0.25, 0.3) is 0 Å². The molecule has 1 aliphatic rings. The maximum atomic E-state index is 12.6. The molecule has 7 heteroatoms. The third kappa shape index (κ3) is 5.81. The minimum atomic E-state index is -4.36. The predicted octanol–water partition coefficient (Wildman–Crippen LogP) is 5.12. The monoisotopic (exact) mass is 373 g/mol. The molecule has 0 aliphatic carbocycles. The Balaban J connectivity index is 1.91. The molecule has 1 aromatic rings. The van der Waals surface area contributed by atoms with Crippen molar-refractivity contribution < 1.29 is 27.4 Å². The molecular formula is C19H26F3NO3. The van der Waals surface area contributed by atoms with E-state index < -0.39 is 17.3 Å². The van der Waals surface area contributed by atoms with Crippen molar-refractivity contribution in [2.24, 2.45) is 5.92 Å². The molecule has 146 valence electrons. The summed E-state index contributed by atoms with van der Waals surface area (Å²) in [5, 5.41) is 0. The molecule has 1 amide bonds. The summed E-state index contributed by atoms with van der Waals surface area (Å²) in [4.78, 5) is 14.0. The summed E-state index contributed by atoms with van der Waals surface area (Å²) in [7, 11) is 0. The molecule has 0 aromatic heterocycles. The van der Waals surface area contributed by atoms with Crippen molar-refractivity contribution in [3.05, 3.63) is 29.8 Å². The van der Waals surface area contributed by atoms with Crippen LogP contribution in [-0.4, -0.2) is 35.8 Å². The summed E-state index contributed by atoms with van der Waals surface area (Å²) in [6.45, 7) is 8.31. The van der Waals surface area contributed by atoms with Gasteiger partial charge in [-0.1, -0.05) is 0 Å². The van der Waals surface area contributed by atoms with E-state index in [1.165, 1.54) is 12.1 Å². The fourth-order valence-electron chi connectivity index (χ4n) is 2.85. The minimum absolute atomic E-state index is 0.0900. The highest BCUT2D eigenvalue weighted by molar-refractivity contribution is 5.68. The Morgan fingerprint density at radius 2 is 1.77 bits per heavy atom. The van der Waals surface area contributed by atoms with Crippen molar-refractivity contribution in [2.45, 2.75) is 58.4 Å². The van der Waals surface area contributed by atoms with Crippen LogP contribution in [0, 0.1) is 5.92 Å². The molecule has 1 aromatic carbocycles. The van der Waals surface area contributed by atoms with Crippen molar-refractivity contribution in [3.63, 3.8) is 0 Å². The van der Waals surface area contributed by atoms with E-state index in [1.54, 1.807) is 4.90 Å². The topological polar surface area (TPSA) is 38.8 Å². The first-order chi connectivity index (χ1) is 12.0. The second-order valence-electron chi connectivity index (χ2n) is 7.76. The molecule has 1 heterocycles. The second-order valence-corrected chi connectivity index (χ2v) is 7.76. The van der Waals surface area contributed by atoms with Crippen LogP contribution >= 0.6 is 0 Å². The van der Waals surface area contributed by atoms with Gasteiger partial charge >= 0.3 is 12.3 Å². The molecule has 4 nitrogen and oxygen atoms in total. The third-order valence-electron chi connectivity index (χ3n) is 4.27. The molecule has 26 heavy (non-hydrogen) atoms. The van der Waals surface area contributed by atoms with E-state index in [0.717, 1.165) is 25.0 Å². The van der Waals surface area contributed by atoms with Gasteiger partial charge in [0.2, 0.25) is 0 Å². The zero-order valence-corrected chi connectivity index (χ0v) is 15.6. The second kappa shape index (κ2) is 7.76. The van der Waals surface area contributed by atoms with Gasteiger partial charge in [-0.05, 0) is 64.8 Å². The Morgan fingerprint density at radius 1 is 1.15 bits per heavy atom. The Hall–Kier alpha value is -1.92. The van der Waals surface area contributed by atoms with Crippen LogP contribution in [0.1, 0.15) is 46.1 Å². The van der Waals surface area contributed by atoms with E-state index >= 15 is 0 Å². The van der Waals surface area contributed by atoms with Gasteiger partial charge in [-0.15, -0.1) is 0 Å². The number of amides is 1. The van der Waals surface area contributed by atoms with E-state index in [1.807, 2.05) is 27.7 Å². The number of carbonyl (C=O) groups is 1. The Bertz CT molecular complexity index is 608. The number of alkyl halides is 3.